The minimum Gasteiger partial charge on any atom is -0.463 e. The van der Waals surface area contributed by atoms with Crippen LogP contribution in [-0.4, -0.2) is 15.7 Å². The van der Waals surface area contributed by atoms with Gasteiger partial charge >= 0.3 is 0 Å². The smallest absolute Gasteiger partial charge is 0.215 e. The molecule has 0 radical (unpaired) electrons. The summed E-state index contributed by atoms with van der Waals surface area (Å²) < 4.78 is 6.29. The van der Waals surface area contributed by atoms with Crippen molar-refractivity contribution < 1.29 is 4.74 Å². The van der Waals surface area contributed by atoms with Crippen molar-refractivity contribution in [1.82, 2.24) is 9.99 Å². The molecule has 2 aliphatic heterocycles. The van der Waals surface area contributed by atoms with Gasteiger partial charge in [-0.3, -0.25) is 4.98 Å². The van der Waals surface area contributed by atoms with Crippen LogP contribution >= 0.6 is 23.2 Å². The molecule has 2 aromatic carbocycles. The number of hydrogen-bond donors (Lipinski definition) is 0. The van der Waals surface area contributed by atoms with Crippen molar-refractivity contribution in [3.63, 3.8) is 0 Å². The van der Waals surface area contributed by atoms with Crippen LogP contribution in [0.4, 0.5) is 0 Å². The molecular formula is C21H15Cl2N3O. The highest BCUT2D eigenvalue weighted by atomic mass is 35.5. The minimum atomic E-state index is -0.393. The van der Waals surface area contributed by atoms with Gasteiger partial charge in [0.25, 0.3) is 0 Å². The van der Waals surface area contributed by atoms with E-state index in [-0.39, 0.29) is 6.04 Å². The van der Waals surface area contributed by atoms with Gasteiger partial charge in [-0.1, -0.05) is 59.6 Å². The number of aromatic nitrogens is 1. The molecule has 5 rings (SSSR count). The van der Waals surface area contributed by atoms with Gasteiger partial charge in [-0.25, -0.2) is 5.01 Å². The summed E-state index contributed by atoms with van der Waals surface area (Å²) in [4.78, 5) is 4.23. The number of fused-ring (bicyclic) bond motifs is 3. The number of nitrogens with zero attached hydrogens (tertiary/aromatic N) is 3. The van der Waals surface area contributed by atoms with E-state index in [9.17, 15) is 0 Å². The van der Waals surface area contributed by atoms with Crippen molar-refractivity contribution in [1.29, 1.82) is 0 Å². The van der Waals surface area contributed by atoms with Gasteiger partial charge in [0.1, 0.15) is 5.75 Å². The van der Waals surface area contributed by atoms with E-state index in [1.165, 1.54) is 0 Å². The molecule has 2 aliphatic rings. The molecule has 0 aliphatic carbocycles. The van der Waals surface area contributed by atoms with Crippen molar-refractivity contribution >= 4 is 28.9 Å². The molecule has 6 heteroatoms. The second-order valence-corrected chi connectivity index (χ2v) is 7.42. The van der Waals surface area contributed by atoms with Crippen LogP contribution in [0.25, 0.3) is 0 Å². The van der Waals surface area contributed by atoms with Gasteiger partial charge in [-0.15, -0.1) is 0 Å². The van der Waals surface area contributed by atoms with Crippen molar-refractivity contribution in [2.75, 3.05) is 0 Å². The lowest BCUT2D eigenvalue weighted by Gasteiger charge is -2.38. The summed E-state index contributed by atoms with van der Waals surface area (Å²) in [6.45, 7) is 0. The first-order chi connectivity index (χ1) is 13.2. The summed E-state index contributed by atoms with van der Waals surface area (Å²) >= 11 is 12.7. The lowest BCUT2D eigenvalue weighted by atomic mass is 9.96. The lowest BCUT2D eigenvalue weighted by molar-refractivity contribution is -0.0191. The molecule has 4 nitrogen and oxygen atoms in total. The van der Waals surface area contributed by atoms with Gasteiger partial charge in [0.2, 0.25) is 6.23 Å². The van der Waals surface area contributed by atoms with E-state index in [1.807, 2.05) is 41.4 Å². The van der Waals surface area contributed by atoms with Gasteiger partial charge in [-0.2, -0.15) is 5.10 Å². The Bertz CT molecular complexity index is 1020. The van der Waals surface area contributed by atoms with Gasteiger partial charge in [-0.05, 0) is 23.8 Å². The van der Waals surface area contributed by atoms with E-state index in [0.29, 0.717) is 15.8 Å². The maximum absolute atomic E-state index is 6.46. The highest BCUT2D eigenvalue weighted by molar-refractivity contribution is 6.35. The van der Waals surface area contributed by atoms with Crippen molar-refractivity contribution in [3.05, 3.63) is 93.7 Å². The lowest BCUT2D eigenvalue weighted by Crippen LogP contribution is -2.33. The summed E-state index contributed by atoms with van der Waals surface area (Å²) in [5.74, 6) is 0.667. The third kappa shape index (κ3) is 2.85. The second-order valence-electron chi connectivity index (χ2n) is 6.58. The quantitative estimate of drug-likeness (QED) is 0.563. The van der Waals surface area contributed by atoms with Crippen LogP contribution in [0, 0.1) is 0 Å². The standard InChI is InChI=1S/C21H15Cl2N3O/c22-15-9-16-19-11-18(13-5-2-1-3-6-13)25-26(19)21(14-7-4-8-24-12-14)27-20(16)17(23)10-15/h1-10,12,19,21H,11H2. The molecular weight excluding hydrogens is 381 g/mol. The summed E-state index contributed by atoms with van der Waals surface area (Å²) in [6.07, 6.45) is 3.91. The van der Waals surface area contributed by atoms with Crippen molar-refractivity contribution in [2.24, 2.45) is 5.10 Å². The van der Waals surface area contributed by atoms with Crippen molar-refractivity contribution in [2.45, 2.75) is 18.7 Å². The number of hydrazone groups is 1. The molecule has 0 fully saturated rings. The van der Waals surface area contributed by atoms with Crippen LogP contribution in [0.2, 0.25) is 10.0 Å². The maximum atomic E-state index is 6.46. The molecule has 134 valence electrons. The van der Waals surface area contributed by atoms with E-state index in [4.69, 9.17) is 33.0 Å². The monoisotopic (exact) mass is 395 g/mol. The Balaban J connectivity index is 1.64. The number of ether oxygens (including phenoxy) is 1. The highest BCUT2D eigenvalue weighted by Gasteiger charge is 2.42. The number of halogens is 2. The Kier molecular flexibility index (Phi) is 4.03. The third-order valence-corrected chi connectivity index (χ3v) is 5.38. The van der Waals surface area contributed by atoms with E-state index < -0.39 is 6.23 Å². The molecule has 0 N–H and O–H groups in total. The number of pyridine rings is 1. The summed E-state index contributed by atoms with van der Waals surface area (Å²) in [7, 11) is 0. The first-order valence-corrected chi connectivity index (χ1v) is 9.43. The topological polar surface area (TPSA) is 37.7 Å². The van der Waals surface area contributed by atoms with Crippen LogP contribution in [0.15, 0.2) is 72.1 Å². The van der Waals surface area contributed by atoms with Crippen LogP contribution in [0.3, 0.4) is 0 Å². The van der Waals surface area contributed by atoms with Gasteiger partial charge in [0.05, 0.1) is 16.8 Å². The Morgan fingerprint density at radius 3 is 2.67 bits per heavy atom. The molecule has 2 atom stereocenters. The fourth-order valence-electron chi connectivity index (χ4n) is 3.66. The van der Waals surface area contributed by atoms with Gasteiger partial charge in [0.15, 0.2) is 0 Å². The van der Waals surface area contributed by atoms with E-state index in [1.54, 1.807) is 18.5 Å². The number of hydrogen-bond acceptors (Lipinski definition) is 4. The first kappa shape index (κ1) is 16.6. The third-order valence-electron chi connectivity index (χ3n) is 4.88. The molecule has 0 amide bonds. The molecule has 3 aromatic rings. The Hall–Kier alpha value is -2.56. The zero-order chi connectivity index (χ0) is 18.4. The highest BCUT2D eigenvalue weighted by Crippen LogP contribution is 2.50. The zero-order valence-electron chi connectivity index (χ0n) is 14.2. The molecule has 0 spiro atoms. The summed E-state index contributed by atoms with van der Waals surface area (Å²) in [5.41, 5.74) is 4.01. The second kappa shape index (κ2) is 6.55. The maximum Gasteiger partial charge on any atom is 0.215 e. The fourth-order valence-corrected chi connectivity index (χ4v) is 4.22. The SMILES string of the molecule is Clc1cc(Cl)c2c(c1)C1CC(c3ccccc3)=NN1C(c1cccnc1)O2. The predicted octanol–water partition coefficient (Wildman–Crippen LogP) is 5.63. The van der Waals surface area contributed by atoms with Crippen LogP contribution in [0.5, 0.6) is 5.75 Å². The average Bonchev–Trinajstić information content (AvgIpc) is 3.15. The van der Waals surface area contributed by atoms with E-state index in [2.05, 4.69) is 17.1 Å². The minimum absolute atomic E-state index is 0.00497. The fraction of sp³-hybridized carbons (Fsp3) is 0.143. The normalized spacial score (nSPS) is 20.5. The largest absolute Gasteiger partial charge is 0.463 e. The molecule has 27 heavy (non-hydrogen) atoms. The molecule has 2 unspecified atom stereocenters. The van der Waals surface area contributed by atoms with Crippen LogP contribution in [-0.2, 0) is 0 Å². The van der Waals surface area contributed by atoms with Gasteiger partial charge in [0, 0.05) is 35.0 Å². The molecule has 3 heterocycles. The Morgan fingerprint density at radius 2 is 1.89 bits per heavy atom. The zero-order valence-corrected chi connectivity index (χ0v) is 15.7. The predicted molar refractivity (Wildman–Crippen MR) is 106 cm³/mol. The average molecular weight is 396 g/mol. The van der Waals surface area contributed by atoms with Crippen LogP contribution < -0.4 is 4.74 Å². The number of rotatable bonds is 2. The summed E-state index contributed by atoms with van der Waals surface area (Å²) in [6, 6.07) is 17.7. The Morgan fingerprint density at radius 1 is 1.04 bits per heavy atom. The van der Waals surface area contributed by atoms with E-state index >= 15 is 0 Å². The van der Waals surface area contributed by atoms with Crippen molar-refractivity contribution in [3.8, 4) is 5.75 Å². The van der Waals surface area contributed by atoms with E-state index in [0.717, 1.165) is 28.8 Å². The molecule has 0 saturated carbocycles. The van der Waals surface area contributed by atoms with Gasteiger partial charge < -0.3 is 4.74 Å². The first-order valence-electron chi connectivity index (χ1n) is 8.67. The van der Waals surface area contributed by atoms with Crippen LogP contribution in [0.1, 0.15) is 35.4 Å². The molecule has 1 aromatic heterocycles. The Labute approximate surface area is 167 Å². The number of benzene rings is 2. The summed E-state index contributed by atoms with van der Waals surface area (Å²) in [5, 5.41) is 8.01. The molecule has 0 saturated heterocycles. The molecule has 0 bridgehead atoms.